The third kappa shape index (κ3) is 3.22. The minimum absolute atomic E-state index is 0.0294. The first-order chi connectivity index (χ1) is 7.69. The Bertz CT molecular complexity index is 363. The van der Waals surface area contributed by atoms with E-state index in [2.05, 4.69) is 6.92 Å². The standard InChI is InChI=1S/C12H17NO3/c1-3-4-5-6-10-7-8-11(13(14)15)12(9-10)16-2/h7-9H,3-6H2,1-2H3. The Balaban J connectivity index is 2.78. The van der Waals surface area contributed by atoms with Gasteiger partial charge in [0.15, 0.2) is 5.75 Å². The average Bonchev–Trinajstić information content (AvgIpc) is 2.29. The van der Waals surface area contributed by atoms with Crippen LogP contribution in [0.25, 0.3) is 0 Å². The Kier molecular flexibility index (Phi) is 4.76. The second kappa shape index (κ2) is 6.10. The first-order valence-corrected chi connectivity index (χ1v) is 5.50. The van der Waals surface area contributed by atoms with E-state index in [1.54, 1.807) is 12.1 Å². The number of unbranched alkanes of at least 4 members (excludes halogenated alkanes) is 2. The topological polar surface area (TPSA) is 52.4 Å². The zero-order valence-electron chi connectivity index (χ0n) is 9.73. The summed E-state index contributed by atoms with van der Waals surface area (Å²) in [6, 6.07) is 5.07. The SMILES string of the molecule is CCCCCc1ccc([N+](=O)[O-])c(OC)c1. The lowest BCUT2D eigenvalue weighted by molar-refractivity contribution is -0.385. The van der Waals surface area contributed by atoms with Gasteiger partial charge in [-0.15, -0.1) is 0 Å². The molecule has 0 spiro atoms. The molecule has 0 atom stereocenters. The highest BCUT2D eigenvalue weighted by molar-refractivity contribution is 5.48. The average molecular weight is 223 g/mol. The Hall–Kier alpha value is -1.58. The number of rotatable bonds is 6. The molecule has 88 valence electrons. The second-order valence-corrected chi connectivity index (χ2v) is 3.72. The third-order valence-electron chi connectivity index (χ3n) is 2.51. The van der Waals surface area contributed by atoms with Crippen molar-refractivity contribution < 1.29 is 9.66 Å². The van der Waals surface area contributed by atoms with Gasteiger partial charge in [0, 0.05) is 6.07 Å². The van der Waals surface area contributed by atoms with Gasteiger partial charge in [-0.1, -0.05) is 25.8 Å². The van der Waals surface area contributed by atoms with Crippen LogP contribution in [0.2, 0.25) is 0 Å². The van der Waals surface area contributed by atoms with Gasteiger partial charge in [0.2, 0.25) is 0 Å². The van der Waals surface area contributed by atoms with Gasteiger partial charge >= 0.3 is 5.69 Å². The summed E-state index contributed by atoms with van der Waals surface area (Å²) in [5, 5.41) is 10.7. The molecule has 16 heavy (non-hydrogen) atoms. The summed E-state index contributed by atoms with van der Waals surface area (Å²) in [6.45, 7) is 2.15. The number of hydrogen-bond acceptors (Lipinski definition) is 3. The van der Waals surface area contributed by atoms with Crippen molar-refractivity contribution in [3.8, 4) is 5.75 Å². The molecule has 0 unspecified atom stereocenters. The van der Waals surface area contributed by atoms with E-state index in [0.717, 1.165) is 18.4 Å². The van der Waals surface area contributed by atoms with Gasteiger partial charge in [0.1, 0.15) is 0 Å². The van der Waals surface area contributed by atoms with Gasteiger partial charge in [0.25, 0.3) is 0 Å². The summed E-state index contributed by atoms with van der Waals surface area (Å²) < 4.78 is 5.01. The maximum Gasteiger partial charge on any atom is 0.310 e. The van der Waals surface area contributed by atoms with E-state index in [0.29, 0.717) is 5.75 Å². The molecule has 0 saturated carbocycles. The van der Waals surface area contributed by atoms with Crippen molar-refractivity contribution in [3.63, 3.8) is 0 Å². The maximum absolute atomic E-state index is 10.7. The highest BCUT2D eigenvalue weighted by Crippen LogP contribution is 2.28. The molecule has 1 rings (SSSR count). The fourth-order valence-corrected chi connectivity index (χ4v) is 1.61. The number of nitro benzene ring substituents is 1. The number of benzene rings is 1. The van der Waals surface area contributed by atoms with Crippen LogP contribution < -0.4 is 4.74 Å². The summed E-state index contributed by atoms with van der Waals surface area (Å²) in [5.74, 6) is 0.346. The largest absolute Gasteiger partial charge is 0.490 e. The van der Waals surface area contributed by atoms with E-state index in [9.17, 15) is 10.1 Å². The zero-order valence-corrected chi connectivity index (χ0v) is 9.73. The monoisotopic (exact) mass is 223 g/mol. The van der Waals surface area contributed by atoms with Crippen molar-refractivity contribution in [3.05, 3.63) is 33.9 Å². The predicted octanol–water partition coefficient (Wildman–Crippen LogP) is 3.34. The molecule has 0 heterocycles. The molecule has 0 amide bonds. The molecule has 4 heteroatoms. The molecular weight excluding hydrogens is 206 g/mol. The molecule has 0 radical (unpaired) electrons. The van der Waals surface area contributed by atoms with Crippen LogP contribution >= 0.6 is 0 Å². The van der Waals surface area contributed by atoms with Gasteiger partial charge < -0.3 is 4.74 Å². The summed E-state index contributed by atoms with van der Waals surface area (Å²) >= 11 is 0. The van der Waals surface area contributed by atoms with Crippen LogP contribution in [0.15, 0.2) is 18.2 Å². The van der Waals surface area contributed by atoms with Gasteiger partial charge in [-0.25, -0.2) is 0 Å². The molecule has 1 aromatic rings. The van der Waals surface area contributed by atoms with Crippen LogP contribution in [-0.4, -0.2) is 12.0 Å². The Morgan fingerprint density at radius 1 is 1.38 bits per heavy atom. The van der Waals surface area contributed by atoms with Crippen molar-refractivity contribution >= 4 is 5.69 Å². The van der Waals surface area contributed by atoms with Crippen LogP contribution in [-0.2, 0) is 6.42 Å². The van der Waals surface area contributed by atoms with E-state index in [4.69, 9.17) is 4.74 Å². The molecule has 0 aliphatic carbocycles. The van der Waals surface area contributed by atoms with E-state index < -0.39 is 4.92 Å². The predicted molar refractivity (Wildman–Crippen MR) is 62.9 cm³/mol. The van der Waals surface area contributed by atoms with Crippen molar-refractivity contribution in [1.29, 1.82) is 0 Å². The molecular formula is C12H17NO3. The number of ether oxygens (including phenoxy) is 1. The molecule has 0 saturated heterocycles. The number of hydrogen-bond donors (Lipinski definition) is 0. The number of aryl methyl sites for hydroxylation is 1. The second-order valence-electron chi connectivity index (χ2n) is 3.72. The maximum atomic E-state index is 10.7. The van der Waals surface area contributed by atoms with Crippen molar-refractivity contribution in [2.75, 3.05) is 7.11 Å². The first kappa shape index (κ1) is 12.5. The minimum atomic E-state index is -0.422. The molecule has 4 nitrogen and oxygen atoms in total. The van der Waals surface area contributed by atoms with E-state index >= 15 is 0 Å². The molecule has 0 aliphatic rings. The molecule has 0 N–H and O–H groups in total. The van der Waals surface area contributed by atoms with Crippen LogP contribution in [0.1, 0.15) is 31.7 Å². The normalized spacial score (nSPS) is 10.1. The molecule has 0 bridgehead atoms. The van der Waals surface area contributed by atoms with Crippen molar-refractivity contribution in [2.45, 2.75) is 32.6 Å². The van der Waals surface area contributed by atoms with Gasteiger partial charge in [0.05, 0.1) is 12.0 Å². The molecule has 0 aliphatic heterocycles. The Labute approximate surface area is 95.4 Å². The first-order valence-electron chi connectivity index (χ1n) is 5.50. The Morgan fingerprint density at radius 2 is 2.12 bits per heavy atom. The highest BCUT2D eigenvalue weighted by Gasteiger charge is 2.14. The molecule has 1 aromatic carbocycles. The van der Waals surface area contributed by atoms with Crippen LogP contribution in [0, 0.1) is 10.1 Å². The van der Waals surface area contributed by atoms with Crippen molar-refractivity contribution in [2.24, 2.45) is 0 Å². The summed E-state index contributed by atoms with van der Waals surface area (Å²) in [6.07, 6.45) is 4.41. The molecule has 0 fully saturated rings. The fraction of sp³-hybridized carbons (Fsp3) is 0.500. The lowest BCUT2D eigenvalue weighted by atomic mass is 10.1. The van der Waals surface area contributed by atoms with Gasteiger partial charge in [-0.2, -0.15) is 0 Å². The van der Waals surface area contributed by atoms with Crippen LogP contribution in [0.5, 0.6) is 5.75 Å². The zero-order chi connectivity index (χ0) is 12.0. The lowest BCUT2D eigenvalue weighted by Crippen LogP contribution is -1.95. The molecule has 0 aromatic heterocycles. The quantitative estimate of drug-likeness (QED) is 0.422. The summed E-state index contributed by atoms with van der Waals surface area (Å²) in [7, 11) is 1.46. The van der Waals surface area contributed by atoms with E-state index in [1.165, 1.54) is 26.0 Å². The Morgan fingerprint density at radius 3 is 2.69 bits per heavy atom. The van der Waals surface area contributed by atoms with Crippen LogP contribution in [0.4, 0.5) is 5.69 Å². The van der Waals surface area contributed by atoms with Gasteiger partial charge in [-0.3, -0.25) is 10.1 Å². The van der Waals surface area contributed by atoms with Gasteiger partial charge in [-0.05, 0) is 24.5 Å². The number of nitro groups is 1. The summed E-state index contributed by atoms with van der Waals surface area (Å²) in [4.78, 5) is 10.3. The number of methoxy groups -OCH3 is 1. The third-order valence-corrected chi connectivity index (χ3v) is 2.51. The minimum Gasteiger partial charge on any atom is -0.490 e. The fourth-order valence-electron chi connectivity index (χ4n) is 1.61. The van der Waals surface area contributed by atoms with Crippen LogP contribution in [0.3, 0.4) is 0 Å². The summed E-state index contributed by atoms with van der Waals surface area (Å²) in [5.41, 5.74) is 1.12. The van der Waals surface area contributed by atoms with E-state index in [1.807, 2.05) is 0 Å². The lowest BCUT2D eigenvalue weighted by Gasteiger charge is -2.05. The van der Waals surface area contributed by atoms with E-state index in [-0.39, 0.29) is 5.69 Å². The number of nitrogens with zero attached hydrogens (tertiary/aromatic N) is 1. The smallest absolute Gasteiger partial charge is 0.310 e. The highest BCUT2D eigenvalue weighted by atomic mass is 16.6. The van der Waals surface area contributed by atoms with Crippen molar-refractivity contribution in [1.82, 2.24) is 0 Å².